The van der Waals surface area contributed by atoms with Gasteiger partial charge in [-0.3, -0.25) is 14.3 Å². The summed E-state index contributed by atoms with van der Waals surface area (Å²) in [6.45, 7) is 5.16. The van der Waals surface area contributed by atoms with E-state index in [2.05, 4.69) is 46.1 Å². The molecule has 6 nitrogen and oxygen atoms in total. The number of unbranched alkanes of at least 4 members (excludes halogenated alkanes) is 1. The summed E-state index contributed by atoms with van der Waals surface area (Å²) in [7, 11) is 0. The molecule has 1 N–H and O–H groups in total. The maximum atomic E-state index is 13.1. The molecule has 3 aromatic heterocycles. The van der Waals surface area contributed by atoms with E-state index in [-0.39, 0.29) is 5.56 Å². The van der Waals surface area contributed by atoms with Crippen molar-refractivity contribution in [3.63, 3.8) is 0 Å². The van der Waals surface area contributed by atoms with Crippen molar-refractivity contribution < 1.29 is 0 Å². The van der Waals surface area contributed by atoms with Gasteiger partial charge < -0.3 is 4.98 Å². The van der Waals surface area contributed by atoms with Crippen LogP contribution in [0.25, 0.3) is 21.3 Å². The van der Waals surface area contributed by atoms with Crippen molar-refractivity contribution in [2.24, 2.45) is 0 Å². The van der Waals surface area contributed by atoms with E-state index < -0.39 is 0 Å². The molecule has 0 saturated carbocycles. The third-order valence-corrected chi connectivity index (χ3v) is 8.77. The molecule has 1 atom stereocenters. The Morgan fingerprint density at radius 3 is 2.85 bits per heavy atom. The number of para-hydroxylation sites is 2. The number of nitrogens with zero attached hydrogens (tertiary/aromatic N) is 4. The molecule has 1 aliphatic heterocycles. The second-order valence-corrected chi connectivity index (χ2v) is 10.7. The number of nitrogens with one attached hydrogen (secondary N) is 1. The number of thiophene rings is 1. The highest BCUT2D eigenvalue weighted by Gasteiger charge is 2.32. The van der Waals surface area contributed by atoms with E-state index in [0.29, 0.717) is 12.0 Å². The molecule has 4 aromatic rings. The normalized spacial score (nSPS) is 20.0. The smallest absolute Gasteiger partial charge is 0.262 e. The van der Waals surface area contributed by atoms with Gasteiger partial charge in [-0.2, -0.15) is 0 Å². The molecule has 172 valence electrons. The predicted molar refractivity (Wildman–Crippen MR) is 134 cm³/mol. The van der Waals surface area contributed by atoms with Crippen molar-refractivity contribution in [3.8, 4) is 0 Å². The average Bonchev–Trinajstić information content (AvgIpc) is 3.45. The highest BCUT2D eigenvalue weighted by molar-refractivity contribution is 7.18. The Bertz CT molecular complexity index is 1310. The Labute approximate surface area is 197 Å². The van der Waals surface area contributed by atoms with Crippen LogP contribution >= 0.6 is 11.3 Å². The van der Waals surface area contributed by atoms with Gasteiger partial charge in [-0.1, -0.05) is 25.5 Å². The maximum absolute atomic E-state index is 13.1. The number of piperidine rings is 1. The molecule has 0 bridgehead atoms. The number of benzene rings is 1. The van der Waals surface area contributed by atoms with Crippen LogP contribution in [-0.4, -0.2) is 43.6 Å². The van der Waals surface area contributed by atoms with Crippen molar-refractivity contribution in [1.82, 2.24) is 24.4 Å². The SMILES string of the molecule is CCCCn1cnc2sc3c(c2c1=O)CCC(N1CCC(c2nc4ccccc4[nH]2)CC1)C3. The molecule has 7 heteroatoms. The first-order chi connectivity index (χ1) is 16.2. The molecule has 4 heterocycles. The summed E-state index contributed by atoms with van der Waals surface area (Å²) in [5.41, 5.74) is 3.66. The molecule has 0 radical (unpaired) electrons. The summed E-state index contributed by atoms with van der Waals surface area (Å²) >= 11 is 1.75. The predicted octanol–water partition coefficient (Wildman–Crippen LogP) is 4.87. The molecule has 1 saturated heterocycles. The third-order valence-electron chi connectivity index (χ3n) is 7.60. The number of hydrogen-bond donors (Lipinski definition) is 1. The van der Waals surface area contributed by atoms with E-state index in [0.717, 1.165) is 91.7 Å². The van der Waals surface area contributed by atoms with Gasteiger partial charge in [-0.05, 0) is 69.3 Å². The van der Waals surface area contributed by atoms with Crippen LogP contribution in [0.5, 0.6) is 0 Å². The summed E-state index contributed by atoms with van der Waals surface area (Å²) < 4.78 is 1.81. The first kappa shape index (κ1) is 21.1. The van der Waals surface area contributed by atoms with Crippen molar-refractivity contribution in [2.45, 2.75) is 70.4 Å². The van der Waals surface area contributed by atoms with Gasteiger partial charge in [0, 0.05) is 23.4 Å². The monoisotopic (exact) mass is 461 g/mol. The largest absolute Gasteiger partial charge is 0.342 e. The number of fused-ring (bicyclic) bond motifs is 4. The molecule has 0 amide bonds. The minimum atomic E-state index is 0.163. The fourth-order valence-corrected chi connectivity index (χ4v) is 6.94. The molecule has 0 spiro atoms. The maximum Gasteiger partial charge on any atom is 0.262 e. The van der Waals surface area contributed by atoms with Gasteiger partial charge in [-0.25, -0.2) is 9.97 Å². The summed E-state index contributed by atoms with van der Waals surface area (Å²) in [6, 6.07) is 8.89. The van der Waals surface area contributed by atoms with E-state index >= 15 is 0 Å². The molecule has 2 aliphatic rings. The Balaban J connectivity index is 1.16. The Morgan fingerprint density at radius 2 is 2.03 bits per heavy atom. The zero-order valence-electron chi connectivity index (χ0n) is 19.2. The minimum Gasteiger partial charge on any atom is -0.342 e. The van der Waals surface area contributed by atoms with Crippen LogP contribution in [-0.2, 0) is 19.4 Å². The quantitative estimate of drug-likeness (QED) is 0.460. The molecule has 1 fully saturated rings. The number of hydrogen-bond acceptors (Lipinski definition) is 5. The Morgan fingerprint density at radius 1 is 1.18 bits per heavy atom. The lowest BCUT2D eigenvalue weighted by atomic mass is 9.89. The highest BCUT2D eigenvalue weighted by atomic mass is 32.1. The van der Waals surface area contributed by atoms with Gasteiger partial charge in [0.2, 0.25) is 0 Å². The number of rotatable bonds is 5. The fourth-order valence-electron chi connectivity index (χ4n) is 5.69. The van der Waals surface area contributed by atoms with Crippen molar-refractivity contribution in [1.29, 1.82) is 0 Å². The fraction of sp³-hybridized carbons (Fsp3) is 0.500. The van der Waals surface area contributed by atoms with E-state index in [9.17, 15) is 4.79 Å². The molecule has 1 unspecified atom stereocenters. The van der Waals surface area contributed by atoms with Gasteiger partial charge in [0.1, 0.15) is 10.7 Å². The molecule has 1 aliphatic carbocycles. The van der Waals surface area contributed by atoms with Gasteiger partial charge in [-0.15, -0.1) is 11.3 Å². The van der Waals surface area contributed by atoms with Crippen molar-refractivity contribution in [2.75, 3.05) is 13.1 Å². The van der Waals surface area contributed by atoms with Crippen LogP contribution < -0.4 is 5.56 Å². The zero-order valence-corrected chi connectivity index (χ0v) is 20.0. The lowest BCUT2D eigenvalue weighted by Crippen LogP contribution is -2.43. The van der Waals surface area contributed by atoms with Crippen LogP contribution in [0.1, 0.15) is 61.2 Å². The molecule has 6 rings (SSSR count). The minimum absolute atomic E-state index is 0.163. The number of imidazole rings is 1. The van der Waals surface area contributed by atoms with Gasteiger partial charge in [0.05, 0.1) is 22.7 Å². The van der Waals surface area contributed by atoms with E-state index in [1.807, 2.05) is 4.57 Å². The molecule has 33 heavy (non-hydrogen) atoms. The second-order valence-electron chi connectivity index (χ2n) is 9.63. The lowest BCUT2D eigenvalue weighted by Gasteiger charge is -2.38. The van der Waals surface area contributed by atoms with E-state index in [1.165, 1.54) is 10.4 Å². The van der Waals surface area contributed by atoms with Crippen LogP contribution in [0.15, 0.2) is 35.4 Å². The van der Waals surface area contributed by atoms with Crippen molar-refractivity contribution in [3.05, 3.63) is 57.2 Å². The van der Waals surface area contributed by atoms with E-state index in [1.54, 1.807) is 17.7 Å². The first-order valence-corrected chi connectivity index (χ1v) is 13.2. The highest BCUT2D eigenvalue weighted by Crippen LogP contribution is 2.37. The number of H-pyrrole nitrogens is 1. The second kappa shape index (κ2) is 8.69. The average molecular weight is 462 g/mol. The summed E-state index contributed by atoms with van der Waals surface area (Å²) in [5, 5.41) is 0.899. The summed E-state index contributed by atoms with van der Waals surface area (Å²) in [6.07, 6.45) is 9.35. The number of likely N-dealkylation sites (tertiary alicyclic amines) is 1. The third kappa shape index (κ3) is 3.81. The Hall–Kier alpha value is -2.51. The van der Waals surface area contributed by atoms with Crippen LogP contribution in [0.2, 0.25) is 0 Å². The van der Waals surface area contributed by atoms with Crippen molar-refractivity contribution >= 4 is 32.6 Å². The topological polar surface area (TPSA) is 66.8 Å². The molecular weight excluding hydrogens is 430 g/mol. The Kier molecular flexibility index (Phi) is 5.54. The first-order valence-electron chi connectivity index (χ1n) is 12.4. The van der Waals surface area contributed by atoms with Gasteiger partial charge in [0.15, 0.2) is 0 Å². The number of aromatic nitrogens is 4. The van der Waals surface area contributed by atoms with Crippen LogP contribution in [0.4, 0.5) is 0 Å². The molecule has 1 aromatic carbocycles. The van der Waals surface area contributed by atoms with Crippen LogP contribution in [0, 0.1) is 0 Å². The number of aryl methyl sites for hydroxylation is 2. The van der Waals surface area contributed by atoms with Gasteiger partial charge in [0.25, 0.3) is 5.56 Å². The zero-order chi connectivity index (χ0) is 22.4. The summed E-state index contributed by atoms with van der Waals surface area (Å²) in [4.78, 5) is 31.1. The standard InChI is InChI=1S/C26H31N5OS/c1-2-3-12-31-16-27-25-23(26(31)32)19-9-8-18(15-22(19)33-25)30-13-10-17(11-14-30)24-28-20-6-4-5-7-21(20)29-24/h4-7,16-18H,2-3,8-15H2,1H3,(H,28,29). The van der Waals surface area contributed by atoms with Gasteiger partial charge >= 0.3 is 0 Å². The number of aromatic amines is 1. The van der Waals surface area contributed by atoms with E-state index in [4.69, 9.17) is 4.98 Å². The lowest BCUT2D eigenvalue weighted by molar-refractivity contribution is 0.139. The van der Waals surface area contributed by atoms with Crippen LogP contribution in [0.3, 0.4) is 0 Å². The summed E-state index contributed by atoms with van der Waals surface area (Å²) in [5.74, 6) is 1.67. The molecular formula is C26H31N5OS.